The van der Waals surface area contributed by atoms with Gasteiger partial charge in [0.05, 0.1) is 24.4 Å². The molecular formula is C16H14N4O3. The van der Waals surface area contributed by atoms with Crippen molar-refractivity contribution in [3.8, 4) is 5.75 Å². The van der Waals surface area contributed by atoms with Gasteiger partial charge in [0.15, 0.2) is 0 Å². The first-order valence-electron chi connectivity index (χ1n) is 6.83. The minimum Gasteiger partial charge on any atom is -0.457 e. The number of carbonyl (C=O) groups excluding carboxylic acids is 1. The molecule has 0 bridgehead atoms. The number of imidazole rings is 1. The number of aromatic nitrogens is 2. The number of benzene rings is 1. The Morgan fingerprint density at radius 2 is 2.26 bits per heavy atom. The molecule has 0 saturated carbocycles. The maximum absolute atomic E-state index is 11.8. The van der Waals surface area contributed by atoms with Gasteiger partial charge in [0, 0.05) is 0 Å². The Bertz CT molecular complexity index is 850. The highest BCUT2D eigenvalue weighted by Crippen LogP contribution is 2.15. The van der Waals surface area contributed by atoms with E-state index in [1.807, 2.05) is 13.0 Å². The van der Waals surface area contributed by atoms with Crippen molar-refractivity contribution in [1.82, 2.24) is 9.66 Å². The molecule has 0 atom stereocenters. The largest absolute Gasteiger partial charge is 0.457 e. The summed E-state index contributed by atoms with van der Waals surface area (Å²) in [5.41, 5.74) is 7.24. The van der Waals surface area contributed by atoms with Gasteiger partial charge < -0.3 is 14.9 Å². The summed E-state index contributed by atoms with van der Waals surface area (Å²) in [5.74, 6) is 0.286. The van der Waals surface area contributed by atoms with Crippen molar-refractivity contribution >= 4 is 18.1 Å². The summed E-state index contributed by atoms with van der Waals surface area (Å²) in [7, 11) is 0. The van der Waals surface area contributed by atoms with Crippen LogP contribution >= 0.6 is 0 Å². The van der Waals surface area contributed by atoms with Crippen molar-refractivity contribution in [3.05, 3.63) is 65.9 Å². The maximum Gasteiger partial charge on any atom is 0.379 e. The molecule has 0 amide bonds. The third kappa shape index (κ3) is 3.46. The summed E-state index contributed by atoms with van der Waals surface area (Å²) in [6.45, 7) is 1.83. The molecule has 0 unspecified atom stereocenters. The predicted octanol–water partition coefficient (Wildman–Crippen LogP) is 2.47. The van der Waals surface area contributed by atoms with Crippen molar-refractivity contribution in [2.24, 2.45) is 5.10 Å². The molecule has 116 valence electrons. The Morgan fingerprint density at radius 1 is 1.39 bits per heavy atom. The summed E-state index contributed by atoms with van der Waals surface area (Å²) in [6.07, 6.45) is 4.73. The van der Waals surface area contributed by atoms with Crippen LogP contribution in [-0.4, -0.2) is 21.8 Å². The zero-order valence-corrected chi connectivity index (χ0v) is 12.3. The van der Waals surface area contributed by atoms with Gasteiger partial charge in [-0.2, -0.15) is 5.10 Å². The molecule has 3 aromatic rings. The van der Waals surface area contributed by atoms with Crippen LogP contribution in [0.2, 0.25) is 0 Å². The van der Waals surface area contributed by atoms with E-state index >= 15 is 0 Å². The Morgan fingerprint density at radius 3 is 2.96 bits per heavy atom. The van der Waals surface area contributed by atoms with E-state index in [4.69, 9.17) is 14.9 Å². The van der Waals surface area contributed by atoms with Gasteiger partial charge in [0.2, 0.25) is 11.7 Å². The first-order chi connectivity index (χ1) is 11.1. The Balaban J connectivity index is 1.75. The second-order valence-corrected chi connectivity index (χ2v) is 4.77. The number of ether oxygens (including phenoxy) is 1. The molecule has 0 aliphatic heterocycles. The van der Waals surface area contributed by atoms with Crippen LogP contribution in [0.3, 0.4) is 0 Å². The number of nitrogens with zero attached hydrogens (tertiary/aromatic N) is 3. The van der Waals surface area contributed by atoms with E-state index < -0.39 is 5.97 Å². The van der Waals surface area contributed by atoms with Crippen molar-refractivity contribution < 1.29 is 13.9 Å². The highest BCUT2D eigenvalue weighted by atomic mass is 16.5. The number of anilines is 1. The molecule has 0 spiro atoms. The standard InChI is InChI=1S/C16H14N4O3/c1-11-10-20(16(17)19-11)18-9-12-4-2-5-13(8-12)23-15(21)14-6-3-7-22-14/h2-10H,1H3,(H2,17,19). The van der Waals surface area contributed by atoms with Crippen molar-refractivity contribution in [3.63, 3.8) is 0 Å². The van der Waals surface area contributed by atoms with Crippen molar-refractivity contribution in [1.29, 1.82) is 0 Å². The topological polar surface area (TPSA) is 95.6 Å². The van der Waals surface area contributed by atoms with Gasteiger partial charge in [-0.15, -0.1) is 0 Å². The number of nitrogen functional groups attached to an aromatic ring is 1. The highest BCUT2D eigenvalue weighted by Gasteiger charge is 2.11. The number of nitrogens with two attached hydrogens (primary N) is 1. The zero-order valence-electron chi connectivity index (χ0n) is 12.3. The molecule has 0 aliphatic rings. The molecular weight excluding hydrogens is 296 g/mol. The first-order valence-corrected chi connectivity index (χ1v) is 6.83. The third-order valence-corrected chi connectivity index (χ3v) is 2.96. The quantitative estimate of drug-likeness (QED) is 0.453. The van der Waals surface area contributed by atoms with Crippen LogP contribution < -0.4 is 10.5 Å². The fraction of sp³-hybridized carbons (Fsp3) is 0.0625. The smallest absolute Gasteiger partial charge is 0.379 e. The molecule has 0 fully saturated rings. The van der Waals surface area contributed by atoms with Gasteiger partial charge in [-0.3, -0.25) is 0 Å². The fourth-order valence-electron chi connectivity index (χ4n) is 1.94. The number of rotatable bonds is 4. The van der Waals surface area contributed by atoms with Crippen molar-refractivity contribution in [2.45, 2.75) is 6.92 Å². The first kappa shape index (κ1) is 14.6. The van der Waals surface area contributed by atoms with Crippen LogP contribution in [0.5, 0.6) is 5.75 Å². The molecule has 2 N–H and O–H groups in total. The van der Waals surface area contributed by atoms with Gasteiger partial charge in [-0.25, -0.2) is 14.5 Å². The minimum absolute atomic E-state index is 0.144. The van der Waals surface area contributed by atoms with Gasteiger partial charge in [0.1, 0.15) is 5.75 Å². The average Bonchev–Trinajstić information content (AvgIpc) is 3.15. The molecule has 0 saturated heterocycles. The van der Waals surface area contributed by atoms with E-state index in [1.165, 1.54) is 17.0 Å². The van der Waals surface area contributed by atoms with Gasteiger partial charge >= 0.3 is 5.97 Å². The van der Waals surface area contributed by atoms with E-state index in [0.29, 0.717) is 11.7 Å². The normalized spacial score (nSPS) is 11.0. The SMILES string of the molecule is Cc1cn(N=Cc2cccc(OC(=O)c3ccco3)c2)c(N)n1. The molecule has 3 rings (SSSR count). The lowest BCUT2D eigenvalue weighted by atomic mass is 10.2. The minimum atomic E-state index is -0.557. The van der Waals surface area contributed by atoms with Crippen LogP contribution in [0.15, 0.2) is 58.4 Å². The second kappa shape index (κ2) is 6.18. The summed E-state index contributed by atoms with van der Waals surface area (Å²) < 4.78 is 11.7. The zero-order chi connectivity index (χ0) is 16.2. The molecule has 0 aliphatic carbocycles. The van der Waals surface area contributed by atoms with E-state index in [2.05, 4.69) is 10.1 Å². The molecule has 1 aromatic carbocycles. The van der Waals surface area contributed by atoms with E-state index in [0.717, 1.165) is 11.3 Å². The van der Waals surface area contributed by atoms with E-state index in [-0.39, 0.29) is 5.76 Å². The monoisotopic (exact) mass is 310 g/mol. The fourth-order valence-corrected chi connectivity index (χ4v) is 1.94. The van der Waals surface area contributed by atoms with Crippen LogP contribution in [0.4, 0.5) is 5.95 Å². The molecule has 23 heavy (non-hydrogen) atoms. The lowest BCUT2D eigenvalue weighted by Gasteiger charge is -2.03. The summed E-state index contributed by atoms with van der Waals surface area (Å²) >= 11 is 0. The number of hydrogen-bond acceptors (Lipinski definition) is 6. The predicted molar refractivity (Wildman–Crippen MR) is 84.5 cm³/mol. The number of carbonyl (C=O) groups is 1. The molecule has 2 heterocycles. The van der Waals surface area contributed by atoms with Crippen molar-refractivity contribution in [2.75, 3.05) is 5.73 Å². The van der Waals surface area contributed by atoms with E-state index in [1.54, 1.807) is 36.7 Å². The lowest BCUT2D eigenvalue weighted by molar-refractivity contribution is 0.0701. The Hall–Kier alpha value is -3.35. The Labute approximate surface area is 132 Å². The number of aryl methyl sites for hydroxylation is 1. The van der Waals surface area contributed by atoms with Crippen LogP contribution in [0.25, 0.3) is 0 Å². The third-order valence-electron chi connectivity index (χ3n) is 2.96. The van der Waals surface area contributed by atoms with Gasteiger partial charge in [0.25, 0.3) is 0 Å². The second-order valence-electron chi connectivity index (χ2n) is 4.77. The molecule has 7 heteroatoms. The van der Waals surface area contributed by atoms with Crippen LogP contribution in [0, 0.1) is 6.92 Å². The van der Waals surface area contributed by atoms with Crippen LogP contribution in [0.1, 0.15) is 21.8 Å². The highest BCUT2D eigenvalue weighted by molar-refractivity contribution is 5.88. The van der Waals surface area contributed by atoms with Gasteiger partial charge in [-0.05, 0) is 36.8 Å². The molecule has 7 nitrogen and oxygen atoms in total. The summed E-state index contributed by atoms with van der Waals surface area (Å²) in [4.78, 5) is 15.9. The maximum atomic E-state index is 11.8. The summed E-state index contributed by atoms with van der Waals surface area (Å²) in [6, 6.07) is 10.1. The molecule has 0 radical (unpaired) electrons. The number of furan rings is 1. The molecule has 2 aromatic heterocycles. The van der Waals surface area contributed by atoms with Crippen LogP contribution in [-0.2, 0) is 0 Å². The number of esters is 1. The average molecular weight is 310 g/mol. The number of hydrogen-bond donors (Lipinski definition) is 1. The lowest BCUT2D eigenvalue weighted by Crippen LogP contribution is -2.07. The van der Waals surface area contributed by atoms with E-state index in [9.17, 15) is 4.79 Å². The van der Waals surface area contributed by atoms with Gasteiger partial charge in [-0.1, -0.05) is 12.1 Å². The Kier molecular flexibility index (Phi) is 3.92. The summed E-state index contributed by atoms with van der Waals surface area (Å²) in [5, 5.41) is 4.21.